The van der Waals surface area contributed by atoms with Gasteiger partial charge in [0, 0.05) is 6.04 Å². The Morgan fingerprint density at radius 2 is 2.20 bits per heavy atom. The summed E-state index contributed by atoms with van der Waals surface area (Å²) in [5.74, 6) is -0.0302. The van der Waals surface area contributed by atoms with E-state index in [0.717, 1.165) is 19.3 Å². The first kappa shape index (κ1) is 12.0. The molecule has 4 nitrogen and oxygen atoms in total. The number of nitriles is 1. The zero-order valence-electron chi connectivity index (χ0n) is 9.36. The van der Waals surface area contributed by atoms with E-state index >= 15 is 0 Å². The predicted molar refractivity (Wildman–Crippen MR) is 57.7 cm³/mol. The lowest BCUT2D eigenvalue weighted by Crippen LogP contribution is -2.48. The molecule has 1 aliphatic carbocycles. The van der Waals surface area contributed by atoms with Crippen molar-refractivity contribution >= 4 is 5.91 Å². The lowest BCUT2D eigenvalue weighted by atomic mass is 10.0. The van der Waals surface area contributed by atoms with Gasteiger partial charge in [-0.25, -0.2) is 0 Å². The van der Waals surface area contributed by atoms with Gasteiger partial charge in [0.2, 0.25) is 5.91 Å². The lowest BCUT2D eigenvalue weighted by molar-refractivity contribution is -0.124. The molecule has 4 heteroatoms. The summed E-state index contributed by atoms with van der Waals surface area (Å²) in [6.45, 7) is 3.83. The van der Waals surface area contributed by atoms with Gasteiger partial charge in [-0.1, -0.05) is 13.8 Å². The van der Waals surface area contributed by atoms with Crippen molar-refractivity contribution in [2.45, 2.75) is 45.2 Å². The molecule has 1 saturated carbocycles. The van der Waals surface area contributed by atoms with E-state index in [0.29, 0.717) is 0 Å². The van der Waals surface area contributed by atoms with Gasteiger partial charge in [0.1, 0.15) is 0 Å². The fraction of sp³-hybridized carbons (Fsp3) is 0.818. The Kier molecular flexibility index (Phi) is 4.10. The van der Waals surface area contributed by atoms with Crippen LogP contribution in [0, 0.1) is 23.2 Å². The zero-order valence-corrected chi connectivity index (χ0v) is 9.36. The molecule has 0 radical (unpaired) electrons. The molecule has 0 saturated heterocycles. The maximum atomic E-state index is 11.7. The van der Waals surface area contributed by atoms with E-state index in [1.165, 1.54) is 0 Å². The minimum Gasteiger partial charge on any atom is -0.351 e. The van der Waals surface area contributed by atoms with Crippen molar-refractivity contribution in [1.29, 1.82) is 5.26 Å². The third-order valence-corrected chi connectivity index (χ3v) is 3.03. The van der Waals surface area contributed by atoms with Crippen LogP contribution in [0.4, 0.5) is 0 Å². The number of hydrogen-bond donors (Lipinski definition) is 2. The van der Waals surface area contributed by atoms with E-state index in [-0.39, 0.29) is 23.8 Å². The molecular formula is C11H19N3O. The van der Waals surface area contributed by atoms with Crippen LogP contribution < -0.4 is 11.1 Å². The molecule has 3 unspecified atom stereocenters. The van der Waals surface area contributed by atoms with Crippen LogP contribution in [0.1, 0.15) is 33.1 Å². The third kappa shape index (κ3) is 2.93. The second kappa shape index (κ2) is 5.13. The number of nitrogens with one attached hydrogen (secondary N) is 1. The normalized spacial score (nSPS) is 27.4. The largest absolute Gasteiger partial charge is 0.351 e. The Balaban J connectivity index is 2.48. The number of carbonyl (C=O) groups is 1. The summed E-state index contributed by atoms with van der Waals surface area (Å²) in [5.41, 5.74) is 5.73. The smallest absolute Gasteiger partial charge is 0.237 e. The van der Waals surface area contributed by atoms with E-state index in [9.17, 15) is 4.79 Å². The highest BCUT2D eigenvalue weighted by Crippen LogP contribution is 2.24. The van der Waals surface area contributed by atoms with Gasteiger partial charge in [0.05, 0.1) is 18.0 Å². The standard InChI is InChI=1S/C11H19N3O/c1-7(2)10(13)11(15)14-9-5-3-4-8(9)6-12/h7-10H,3-5,13H2,1-2H3,(H,14,15). The highest BCUT2D eigenvalue weighted by Gasteiger charge is 2.30. The fourth-order valence-electron chi connectivity index (χ4n) is 1.87. The minimum atomic E-state index is -0.468. The topological polar surface area (TPSA) is 78.9 Å². The van der Waals surface area contributed by atoms with Gasteiger partial charge in [-0.05, 0) is 25.2 Å². The van der Waals surface area contributed by atoms with E-state index in [1.54, 1.807) is 0 Å². The summed E-state index contributed by atoms with van der Waals surface area (Å²) in [4.78, 5) is 11.7. The molecule has 0 aromatic carbocycles. The summed E-state index contributed by atoms with van der Waals surface area (Å²) < 4.78 is 0. The summed E-state index contributed by atoms with van der Waals surface area (Å²) in [6.07, 6.45) is 2.80. The van der Waals surface area contributed by atoms with E-state index in [4.69, 9.17) is 11.0 Å². The summed E-state index contributed by atoms with van der Waals surface area (Å²) in [7, 11) is 0. The highest BCUT2D eigenvalue weighted by molar-refractivity contribution is 5.82. The van der Waals surface area contributed by atoms with Gasteiger partial charge in [-0.3, -0.25) is 4.79 Å². The van der Waals surface area contributed by atoms with Crippen molar-refractivity contribution in [3.8, 4) is 6.07 Å². The number of carbonyl (C=O) groups excluding carboxylic acids is 1. The summed E-state index contributed by atoms with van der Waals surface area (Å²) in [6, 6.07) is 1.77. The second-order valence-electron chi connectivity index (χ2n) is 4.55. The molecule has 15 heavy (non-hydrogen) atoms. The molecule has 1 amide bonds. The monoisotopic (exact) mass is 209 g/mol. The Morgan fingerprint density at radius 3 is 2.73 bits per heavy atom. The zero-order chi connectivity index (χ0) is 11.4. The molecule has 1 aliphatic rings. The van der Waals surface area contributed by atoms with Gasteiger partial charge in [-0.2, -0.15) is 5.26 Å². The molecule has 0 bridgehead atoms. The van der Waals surface area contributed by atoms with Crippen molar-refractivity contribution in [3.05, 3.63) is 0 Å². The van der Waals surface area contributed by atoms with Crippen LogP contribution in [0.3, 0.4) is 0 Å². The molecule has 0 aromatic heterocycles. The molecule has 0 heterocycles. The molecule has 3 N–H and O–H groups in total. The van der Waals surface area contributed by atoms with Crippen LogP contribution in [0.5, 0.6) is 0 Å². The molecule has 0 aliphatic heterocycles. The van der Waals surface area contributed by atoms with Crippen LogP contribution in [-0.2, 0) is 4.79 Å². The van der Waals surface area contributed by atoms with Crippen molar-refractivity contribution in [2.24, 2.45) is 17.6 Å². The average molecular weight is 209 g/mol. The Morgan fingerprint density at radius 1 is 1.53 bits per heavy atom. The first-order valence-corrected chi connectivity index (χ1v) is 5.51. The molecule has 0 spiro atoms. The average Bonchev–Trinajstić information content (AvgIpc) is 2.63. The number of nitrogens with zero attached hydrogens (tertiary/aromatic N) is 1. The van der Waals surface area contributed by atoms with Gasteiger partial charge >= 0.3 is 0 Å². The van der Waals surface area contributed by atoms with Crippen molar-refractivity contribution in [2.75, 3.05) is 0 Å². The Bertz CT molecular complexity index is 269. The first-order chi connectivity index (χ1) is 7.06. The van der Waals surface area contributed by atoms with Crippen LogP contribution >= 0.6 is 0 Å². The quantitative estimate of drug-likeness (QED) is 0.721. The lowest BCUT2D eigenvalue weighted by Gasteiger charge is -2.20. The fourth-order valence-corrected chi connectivity index (χ4v) is 1.87. The second-order valence-corrected chi connectivity index (χ2v) is 4.55. The molecule has 1 fully saturated rings. The van der Waals surface area contributed by atoms with Gasteiger partial charge in [-0.15, -0.1) is 0 Å². The third-order valence-electron chi connectivity index (χ3n) is 3.03. The molecule has 3 atom stereocenters. The van der Waals surface area contributed by atoms with Crippen LogP contribution in [0.25, 0.3) is 0 Å². The maximum Gasteiger partial charge on any atom is 0.237 e. The number of hydrogen-bond acceptors (Lipinski definition) is 3. The van der Waals surface area contributed by atoms with Crippen LogP contribution in [0.2, 0.25) is 0 Å². The molecule has 1 rings (SSSR count). The van der Waals surface area contributed by atoms with E-state index in [1.807, 2.05) is 13.8 Å². The van der Waals surface area contributed by atoms with Gasteiger partial charge < -0.3 is 11.1 Å². The molecule has 0 aromatic rings. The predicted octanol–water partition coefficient (Wildman–Crippen LogP) is 0.778. The summed E-state index contributed by atoms with van der Waals surface area (Å²) >= 11 is 0. The minimum absolute atomic E-state index is 0.00676. The number of amides is 1. The number of rotatable bonds is 3. The van der Waals surface area contributed by atoms with Crippen molar-refractivity contribution in [3.63, 3.8) is 0 Å². The molecular weight excluding hydrogens is 190 g/mol. The van der Waals surface area contributed by atoms with Crippen LogP contribution in [0.15, 0.2) is 0 Å². The summed E-state index contributed by atoms with van der Waals surface area (Å²) in [5, 5.41) is 11.7. The Labute approximate surface area is 90.8 Å². The van der Waals surface area contributed by atoms with Gasteiger partial charge in [0.25, 0.3) is 0 Å². The van der Waals surface area contributed by atoms with Gasteiger partial charge in [0.15, 0.2) is 0 Å². The van der Waals surface area contributed by atoms with Crippen molar-refractivity contribution < 1.29 is 4.79 Å². The number of nitrogens with two attached hydrogens (primary N) is 1. The van der Waals surface area contributed by atoms with Crippen LogP contribution in [-0.4, -0.2) is 18.0 Å². The maximum absolute atomic E-state index is 11.7. The SMILES string of the molecule is CC(C)C(N)C(=O)NC1CCCC1C#N. The van der Waals surface area contributed by atoms with E-state index in [2.05, 4.69) is 11.4 Å². The highest BCUT2D eigenvalue weighted by atomic mass is 16.2. The Hall–Kier alpha value is -1.08. The first-order valence-electron chi connectivity index (χ1n) is 5.51. The van der Waals surface area contributed by atoms with Crippen molar-refractivity contribution in [1.82, 2.24) is 5.32 Å². The molecule has 84 valence electrons. The van der Waals surface area contributed by atoms with E-state index < -0.39 is 6.04 Å².